The van der Waals surface area contributed by atoms with Crippen molar-refractivity contribution in [3.05, 3.63) is 35.4 Å². The van der Waals surface area contributed by atoms with Gasteiger partial charge in [-0.15, -0.1) is 0 Å². The van der Waals surface area contributed by atoms with Gasteiger partial charge in [-0.25, -0.2) is 9.59 Å². The first-order valence-electron chi connectivity index (χ1n) is 12.9. The summed E-state index contributed by atoms with van der Waals surface area (Å²) in [5.41, 5.74) is 0.167. The predicted molar refractivity (Wildman–Crippen MR) is 132 cm³/mol. The average molecular weight is 447 g/mol. The number of carboxylic acid groups (broad SMARTS) is 1. The number of esters is 1. The number of rotatable bonds is 17. The number of aromatic carboxylic acids is 1. The molecular weight excluding hydrogens is 400 g/mol. The maximum atomic E-state index is 13.2. The van der Waals surface area contributed by atoms with Crippen LogP contribution >= 0.6 is 0 Å². The van der Waals surface area contributed by atoms with E-state index >= 15 is 0 Å². The number of carboxylic acids is 1. The van der Waals surface area contributed by atoms with Gasteiger partial charge in [0.05, 0.1) is 11.1 Å². The molecule has 32 heavy (non-hydrogen) atoms. The van der Waals surface area contributed by atoms with E-state index in [0.717, 1.165) is 44.9 Å². The minimum atomic E-state index is -1.10. The van der Waals surface area contributed by atoms with E-state index in [-0.39, 0.29) is 17.2 Å². The van der Waals surface area contributed by atoms with E-state index < -0.39 is 11.9 Å². The van der Waals surface area contributed by atoms with Crippen LogP contribution in [0.2, 0.25) is 0 Å². The number of carbonyl (C=O) groups is 2. The second kappa shape index (κ2) is 15.9. The molecule has 0 heterocycles. The van der Waals surface area contributed by atoms with Crippen LogP contribution in [0.3, 0.4) is 0 Å². The number of carbonyl (C=O) groups excluding carboxylic acids is 1. The first kappa shape index (κ1) is 28.2. The van der Waals surface area contributed by atoms with Gasteiger partial charge < -0.3 is 9.84 Å². The van der Waals surface area contributed by atoms with Gasteiger partial charge in [-0.3, -0.25) is 0 Å². The van der Waals surface area contributed by atoms with Crippen LogP contribution in [-0.4, -0.2) is 23.1 Å². The largest absolute Gasteiger partial charge is 0.478 e. The highest BCUT2D eigenvalue weighted by Crippen LogP contribution is 2.32. The molecule has 1 aromatic carbocycles. The maximum Gasteiger partial charge on any atom is 0.339 e. The van der Waals surface area contributed by atoms with Gasteiger partial charge in [0.15, 0.2) is 0 Å². The van der Waals surface area contributed by atoms with E-state index in [0.29, 0.717) is 17.8 Å². The lowest BCUT2D eigenvalue weighted by molar-refractivity contribution is -0.00160. The van der Waals surface area contributed by atoms with Crippen LogP contribution in [0.4, 0.5) is 0 Å². The molecule has 4 atom stereocenters. The van der Waals surface area contributed by atoms with Crippen LogP contribution in [0, 0.1) is 17.8 Å². The molecule has 1 N–H and O–H groups in total. The van der Waals surface area contributed by atoms with Crippen LogP contribution in [0.5, 0.6) is 0 Å². The lowest BCUT2D eigenvalue weighted by Crippen LogP contribution is -2.31. The van der Waals surface area contributed by atoms with Crippen LogP contribution < -0.4 is 0 Å². The Hall–Kier alpha value is -1.84. The fraction of sp³-hybridized carbons (Fsp3) is 0.714. The lowest BCUT2D eigenvalue weighted by atomic mass is 9.81. The van der Waals surface area contributed by atoms with Crippen molar-refractivity contribution in [2.24, 2.45) is 17.8 Å². The van der Waals surface area contributed by atoms with Crippen LogP contribution in [0.15, 0.2) is 24.3 Å². The third-order valence-electron chi connectivity index (χ3n) is 6.70. The molecule has 0 saturated heterocycles. The molecule has 1 aromatic rings. The van der Waals surface area contributed by atoms with Crippen molar-refractivity contribution in [3.8, 4) is 0 Å². The number of benzene rings is 1. The van der Waals surface area contributed by atoms with E-state index in [1.165, 1.54) is 31.7 Å². The third kappa shape index (κ3) is 9.75. The Morgan fingerprint density at radius 3 is 2.09 bits per heavy atom. The Balaban J connectivity index is 3.16. The molecule has 4 nitrogen and oxygen atoms in total. The number of hydrogen-bond donors (Lipinski definition) is 1. The zero-order valence-electron chi connectivity index (χ0n) is 21.1. The van der Waals surface area contributed by atoms with Gasteiger partial charge in [0.2, 0.25) is 0 Å². The summed E-state index contributed by atoms with van der Waals surface area (Å²) in [4.78, 5) is 24.8. The van der Waals surface area contributed by atoms with E-state index in [4.69, 9.17) is 4.74 Å². The topological polar surface area (TPSA) is 63.6 Å². The Morgan fingerprint density at radius 1 is 0.875 bits per heavy atom. The molecule has 0 aliphatic rings. The minimum absolute atomic E-state index is 0.0123. The van der Waals surface area contributed by atoms with E-state index in [9.17, 15) is 14.7 Å². The fourth-order valence-electron chi connectivity index (χ4n) is 4.70. The molecule has 0 bridgehead atoms. The molecule has 0 radical (unpaired) electrons. The van der Waals surface area contributed by atoms with E-state index in [1.54, 1.807) is 18.2 Å². The van der Waals surface area contributed by atoms with Crippen molar-refractivity contribution < 1.29 is 19.4 Å². The molecule has 0 fully saturated rings. The Labute approximate surface area is 196 Å². The second-order valence-corrected chi connectivity index (χ2v) is 9.48. The fourth-order valence-corrected chi connectivity index (χ4v) is 4.70. The second-order valence-electron chi connectivity index (χ2n) is 9.48. The van der Waals surface area contributed by atoms with Crippen molar-refractivity contribution in [1.29, 1.82) is 0 Å². The lowest BCUT2D eigenvalue weighted by Gasteiger charge is -2.32. The summed E-state index contributed by atoms with van der Waals surface area (Å²) in [6.45, 7) is 11.1. The zero-order valence-corrected chi connectivity index (χ0v) is 21.1. The standard InChI is InChI=1S/C28H46O4/c1-6-10-11-16-22(14-7-2)20-26(23(15-8-3)19-21(5)9-4)32-28(31)25-18-13-12-17-24(25)27(29)30/h12-13,17-18,21-23,26H,6-11,14-16,19-20H2,1-5H3,(H,29,30). The van der Waals surface area contributed by atoms with Gasteiger partial charge in [0, 0.05) is 0 Å². The first-order chi connectivity index (χ1) is 15.4. The average Bonchev–Trinajstić information content (AvgIpc) is 2.78. The van der Waals surface area contributed by atoms with Crippen molar-refractivity contribution in [2.45, 2.75) is 111 Å². The molecule has 0 saturated carbocycles. The molecule has 0 aliphatic carbocycles. The van der Waals surface area contributed by atoms with Crippen molar-refractivity contribution in [3.63, 3.8) is 0 Å². The van der Waals surface area contributed by atoms with Gasteiger partial charge in [-0.1, -0.05) is 98.1 Å². The molecule has 4 unspecified atom stereocenters. The minimum Gasteiger partial charge on any atom is -0.478 e. The van der Waals surface area contributed by atoms with E-state index in [2.05, 4.69) is 34.6 Å². The summed E-state index contributed by atoms with van der Waals surface area (Å²) in [6, 6.07) is 6.38. The Kier molecular flexibility index (Phi) is 14.0. The molecule has 0 aromatic heterocycles. The summed E-state index contributed by atoms with van der Waals surface area (Å²) >= 11 is 0. The third-order valence-corrected chi connectivity index (χ3v) is 6.70. The van der Waals surface area contributed by atoms with Crippen LogP contribution in [0.1, 0.15) is 126 Å². The van der Waals surface area contributed by atoms with Gasteiger partial charge in [-0.2, -0.15) is 0 Å². The van der Waals surface area contributed by atoms with Gasteiger partial charge in [-0.05, 0) is 49.1 Å². The molecule has 4 heteroatoms. The van der Waals surface area contributed by atoms with Crippen LogP contribution in [-0.2, 0) is 4.74 Å². The first-order valence-corrected chi connectivity index (χ1v) is 12.9. The predicted octanol–water partition coefficient (Wildman–Crippen LogP) is 8.15. The van der Waals surface area contributed by atoms with Crippen molar-refractivity contribution >= 4 is 11.9 Å². The highest BCUT2D eigenvalue weighted by Gasteiger charge is 2.30. The molecular formula is C28H46O4. The summed E-state index contributed by atoms with van der Waals surface area (Å²) in [5.74, 6) is -0.176. The molecule has 0 spiro atoms. The number of unbranched alkanes of at least 4 members (excludes halogenated alkanes) is 2. The summed E-state index contributed by atoms with van der Waals surface area (Å²) in [5, 5.41) is 9.52. The van der Waals surface area contributed by atoms with Crippen molar-refractivity contribution in [2.75, 3.05) is 0 Å². The SMILES string of the molecule is CCCCCC(CCC)CC(OC(=O)c1ccccc1C(=O)O)C(CCC)CC(C)CC. The Morgan fingerprint density at radius 2 is 1.53 bits per heavy atom. The molecule has 1 rings (SSSR count). The number of ether oxygens (including phenoxy) is 1. The summed E-state index contributed by atoms with van der Waals surface area (Å²) in [6.07, 6.45) is 12.0. The van der Waals surface area contributed by atoms with E-state index in [1.807, 2.05) is 0 Å². The molecule has 0 aliphatic heterocycles. The smallest absolute Gasteiger partial charge is 0.339 e. The quantitative estimate of drug-likeness (QED) is 0.194. The monoisotopic (exact) mass is 446 g/mol. The maximum absolute atomic E-state index is 13.2. The van der Waals surface area contributed by atoms with Crippen molar-refractivity contribution in [1.82, 2.24) is 0 Å². The number of hydrogen-bond acceptors (Lipinski definition) is 3. The van der Waals surface area contributed by atoms with Gasteiger partial charge >= 0.3 is 11.9 Å². The summed E-state index contributed by atoms with van der Waals surface area (Å²) in [7, 11) is 0. The molecule has 0 amide bonds. The van der Waals surface area contributed by atoms with Gasteiger partial charge in [0.25, 0.3) is 0 Å². The Bertz CT molecular complexity index is 669. The van der Waals surface area contributed by atoms with Gasteiger partial charge in [0.1, 0.15) is 6.10 Å². The normalized spacial score (nSPS) is 15.0. The molecule has 182 valence electrons. The highest BCUT2D eigenvalue weighted by atomic mass is 16.5. The zero-order chi connectivity index (χ0) is 23.9. The van der Waals surface area contributed by atoms with Crippen LogP contribution in [0.25, 0.3) is 0 Å². The highest BCUT2D eigenvalue weighted by molar-refractivity contribution is 6.02. The summed E-state index contributed by atoms with van der Waals surface area (Å²) < 4.78 is 6.17.